The molecule has 0 radical (unpaired) electrons. The Labute approximate surface area is 135 Å². The summed E-state index contributed by atoms with van der Waals surface area (Å²) >= 11 is 0. The fourth-order valence-electron chi connectivity index (χ4n) is 4.80. The second kappa shape index (κ2) is 6.28. The maximum Gasteiger partial charge on any atom is 0.0236 e. The van der Waals surface area contributed by atoms with Crippen LogP contribution in [0.2, 0.25) is 0 Å². The van der Waals surface area contributed by atoms with Gasteiger partial charge in [-0.25, -0.2) is 0 Å². The Morgan fingerprint density at radius 2 is 1.41 bits per heavy atom. The number of aryl methyl sites for hydroxylation is 2. The van der Waals surface area contributed by atoms with Crippen LogP contribution in [0.3, 0.4) is 0 Å². The lowest BCUT2D eigenvalue weighted by Gasteiger charge is -2.47. The lowest BCUT2D eigenvalue weighted by atomic mass is 9.57. The van der Waals surface area contributed by atoms with Crippen LogP contribution < -0.4 is 0 Å². The van der Waals surface area contributed by atoms with E-state index in [1.165, 1.54) is 43.2 Å². The van der Waals surface area contributed by atoms with Gasteiger partial charge in [0.2, 0.25) is 0 Å². The van der Waals surface area contributed by atoms with Gasteiger partial charge < -0.3 is 0 Å². The zero-order valence-electron chi connectivity index (χ0n) is 14.2. The molecule has 0 N–H and O–H groups in total. The topological polar surface area (TPSA) is 0 Å². The molecule has 0 spiro atoms. The normalized spacial score (nSPS) is 20.8. The van der Waals surface area contributed by atoms with Gasteiger partial charge in [-0.1, -0.05) is 74.7 Å². The van der Waals surface area contributed by atoms with Gasteiger partial charge >= 0.3 is 0 Å². The Balaban J connectivity index is 2.27. The summed E-state index contributed by atoms with van der Waals surface area (Å²) in [5, 5.41) is 0. The highest BCUT2D eigenvalue weighted by Crippen LogP contribution is 2.51. The Morgan fingerprint density at radius 3 is 1.91 bits per heavy atom. The summed E-state index contributed by atoms with van der Waals surface area (Å²) in [6.07, 6.45) is 6.65. The van der Waals surface area contributed by atoms with Crippen LogP contribution in [0.4, 0.5) is 0 Å². The minimum absolute atomic E-state index is 0.212. The summed E-state index contributed by atoms with van der Waals surface area (Å²) in [4.78, 5) is 0. The highest BCUT2D eigenvalue weighted by atomic mass is 14.5. The summed E-state index contributed by atoms with van der Waals surface area (Å²) in [5.41, 5.74) is 6.24. The van der Waals surface area contributed by atoms with Crippen molar-refractivity contribution in [2.24, 2.45) is 5.92 Å². The molecule has 0 saturated heterocycles. The Morgan fingerprint density at radius 1 is 0.864 bits per heavy atom. The predicted octanol–water partition coefficient (Wildman–Crippen LogP) is 6.19. The van der Waals surface area contributed by atoms with Gasteiger partial charge in [-0.3, -0.25) is 0 Å². The molecule has 0 amide bonds. The van der Waals surface area contributed by atoms with Crippen molar-refractivity contribution in [3.8, 4) is 0 Å². The molecule has 1 aliphatic rings. The van der Waals surface area contributed by atoms with Crippen molar-refractivity contribution >= 4 is 0 Å². The van der Waals surface area contributed by atoms with Crippen molar-refractivity contribution in [2.45, 2.75) is 58.3 Å². The van der Waals surface area contributed by atoms with Gasteiger partial charge in [-0.2, -0.15) is 0 Å². The first-order valence-corrected chi connectivity index (χ1v) is 8.82. The van der Waals surface area contributed by atoms with E-state index in [1.807, 2.05) is 0 Å². The van der Waals surface area contributed by atoms with Crippen LogP contribution in [0.1, 0.15) is 61.3 Å². The molecule has 1 saturated carbocycles. The molecule has 22 heavy (non-hydrogen) atoms. The molecule has 2 aromatic rings. The molecule has 0 heterocycles. The first kappa shape index (κ1) is 15.3. The summed E-state index contributed by atoms with van der Waals surface area (Å²) in [6, 6.07) is 18.1. The highest BCUT2D eigenvalue weighted by molar-refractivity contribution is 5.47. The molecule has 0 heteroatoms. The molecule has 0 aromatic heterocycles. The third-order valence-electron chi connectivity index (χ3n) is 5.81. The third kappa shape index (κ3) is 2.39. The molecule has 116 valence electrons. The summed E-state index contributed by atoms with van der Waals surface area (Å²) < 4.78 is 0. The van der Waals surface area contributed by atoms with Crippen LogP contribution in [0, 0.1) is 19.8 Å². The van der Waals surface area contributed by atoms with E-state index in [1.54, 1.807) is 11.1 Å². The molecule has 1 unspecified atom stereocenters. The van der Waals surface area contributed by atoms with Crippen LogP contribution in [0.5, 0.6) is 0 Å². The van der Waals surface area contributed by atoms with Crippen molar-refractivity contribution in [3.63, 3.8) is 0 Å². The molecule has 1 aliphatic carbocycles. The van der Waals surface area contributed by atoms with Gasteiger partial charge in [0.25, 0.3) is 0 Å². The Kier molecular flexibility index (Phi) is 4.38. The van der Waals surface area contributed by atoms with E-state index in [-0.39, 0.29) is 5.41 Å². The summed E-state index contributed by atoms with van der Waals surface area (Å²) in [7, 11) is 0. The van der Waals surface area contributed by atoms with Crippen LogP contribution >= 0.6 is 0 Å². The lowest BCUT2D eigenvalue weighted by molar-refractivity contribution is 0.217. The van der Waals surface area contributed by atoms with Gasteiger partial charge in [0.1, 0.15) is 0 Å². The number of hydrogen-bond donors (Lipinski definition) is 0. The maximum absolute atomic E-state index is 2.38. The van der Waals surface area contributed by atoms with Crippen LogP contribution in [-0.2, 0) is 5.41 Å². The fourth-order valence-corrected chi connectivity index (χ4v) is 4.80. The van der Waals surface area contributed by atoms with E-state index < -0.39 is 0 Å². The molecule has 1 atom stereocenters. The first-order valence-electron chi connectivity index (χ1n) is 8.82. The molecular weight excluding hydrogens is 264 g/mol. The van der Waals surface area contributed by atoms with Crippen molar-refractivity contribution < 1.29 is 0 Å². The molecule has 3 rings (SSSR count). The van der Waals surface area contributed by atoms with Crippen molar-refractivity contribution in [2.75, 3.05) is 0 Å². The van der Waals surface area contributed by atoms with E-state index in [2.05, 4.69) is 69.3 Å². The lowest BCUT2D eigenvalue weighted by Crippen LogP contribution is -2.40. The van der Waals surface area contributed by atoms with Crippen molar-refractivity contribution in [3.05, 3.63) is 70.8 Å². The van der Waals surface area contributed by atoms with Gasteiger partial charge in [0.15, 0.2) is 0 Å². The Hall–Kier alpha value is -1.56. The maximum atomic E-state index is 2.38. The van der Waals surface area contributed by atoms with Crippen LogP contribution in [0.15, 0.2) is 48.5 Å². The largest absolute Gasteiger partial charge is 0.0651 e. The van der Waals surface area contributed by atoms with Gasteiger partial charge in [-0.15, -0.1) is 0 Å². The Bertz CT molecular complexity index is 592. The van der Waals surface area contributed by atoms with Gasteiger partial charge in [-0.05, 0) is 54.9 Å². The SMILES string of the molecule is CCC1CCCCC1(c1ccccc1C)c1ccccc1C. The fraction of sp³-hybridized carbons (Fsp3) is 0.455. The highest BCUT2D eigenvalue weighted by Gasteiger charge is 2.43. The number of rotatable bonds is 3. The van der Waals surface area contributed by atoms with Crippen LogP contribution in [-0.4, -0.2) is 0 Å². The second-order valence-electron chi connectivity index (χ2n) is 6.95. The average Bonchev–Trinajstić information content (AvgIpc) is 2.55. The second-order valence-corrected chi connectivity index (χ2v) is 6.95. The molecule has 0 nitrogen and oxygen atoms in total. The first-order chi connectivity index (χ1) is 10.7. The van der Waals surface area contributed by atoms with Crippen molar-refractivity contribution in [1.82, 2.24) is 0 Å². The zero-order valence-corrected chi connectivity index (χ0v) is 14.2. The van der Waals surface area contributed by atoms with Gasteiger partial charge in [0.05, 0.1) is 0 Å². The smallest absolute Gasteiger partial charge is 0.0236 e. The summed E-state index contributed by atoms with van der Waals surface area (Å²) in [6.45, 7) is 6.95. The van der Waals surface area contributed by atoms with E-state index in [9.17, 15) is 0 Å². The van der Waals surface area contributed by atoms with E-state index in [0.717, 1.165) is 5.92 Å². The molecular formula is C22H28. The molecule has 0 bridgehead atoms. The van der Waals surface area contributed by atoms with Crippen molar-refractivity contribution in [1.29, 1.82) is 0 Å². The van der Waals surface area contributed by atoms with E-state index >= 15 is 0 Å². The van der Waals surface area contributed by atoms with E-state index in [4.69, 9.17) is 0 Å². The number of benzene rings is 2. The monoisotopic (exact) mass is 292 g/mol. The molecule has 0 aliphatic heterocycles. The van der Waals surface area contributed by atoms with E-state index in [0.29, 0.717) is 0 Å². The predicted molar refractivity (Wildman–Crippen MR) is 95.4 cm³/mol. The minimum Gasteiger partial charge on any atom is -0.0651 e. The quantitative estimate of drug-likeness (QED) is 0.632. The number of hydrogen-bond acceptors (Lipinski definition) is 0. The standard InChI is InChI=1S/C22H28/c1-4-19-13-9-10-16-22(19,20-14-7-5-11-17(20)2)21-15-8-6-12-18(21)3/h5-8,11-12,14-15,19H,4,9-10,13,16H2,1-3H3. The average molecular weight is 292 g/mol. The van der Waals surface area contributed by atoms with Crippen LogP contribution in [0.25, 0.3) is 0 Å². The minimum atomic E-state index is 0.212. The molecule has 1 fully saturated rings. The third-order valence-corrected chi connectivity index (χ3v) is 5.81. The molecule has 2 aromatic carbocycles. The van der Waals surface area contributed by atoms with Gasteiger partial charge in [0, 0.05) is 5.41 Å². The summed E-state index contributed by atoms with van der Waals surface area (Å²) in [5.74, 6) is 0.753. The zero-order chi connectivity index (χ0) is 15.6.